The summed E-state index contributed by atoms with van der Waals surface area (Å²) in [6.07, 6.45) is 6.62. The van der Waals surface area contributed by atoms with Gasteiger partial charge in [0.15, 0.2) is 0 Å². The van der Waals surface area contributed by atoms with E-state index in [1.165, 1.54) is 12.8 Å². The summed E-state index contributed by atoms with van der Waals surface area (Å²) >= 11 is 0. The maximum atomic E-state index is 12.3. The number of carbonyl (C=O) groups is 1. The summed E-state index contributed by atoms with van der Waals surface area (Å²) in [4.78, 5) is 14.3. The third kappa shape index (κ3) is 4.27. The molecule has 3 nitrogen and oxygen atoms in total. The zero-order chi connectivity index (χ0) is 13.8. The summed E-state index contributed by atoms with van der Waals surface area (Å²) in [6, 6.07) is 0.450. The van der Waals surface area contributed by atoms with E-state index in [0.29, 0.717) is 23.9 Å². The van der Waals surface area contributed by atoms with Gasteiger partial charge in [-0.15, -0.1) is 0 Å². The molecular formula is C15H30N2O. The van der Waals surface area contributed by atoms with Crippen LogP contribution in [-0.2, 0) is 4.79 Å². The molecule has 106 valence electrons. The van der Waals surface area contributed by atoms with Gasteiger partial charge in [-0.3, -0.25) is 4.79 Å². The van der Waals surface area contributed by atoms with E-state index in [9.17, 15) is 4.79 Å². The highest BCUT2D eigenvalue weighted by molar-refractivity contribution is 5.78. The monoisotopic (exact) mass is 254 g/mol. The number of hydrogen-bond acceptors (Lipinski definition) is 2. The van der Waals surface area contributed by atoms with Crippen LogP contribution in [0, 0.1) is 11.3 Å². The van der Waals surface area contributed by atoms with E-state index < -0.39 is 0 Å². The van der Waals surface area contributed by atoms with Crippen LogP contribution in [0.4, 0.5) is 0 Å². The van der Waals surface area contributed by atoms with Gasteiger partial charge in [-0.05, 0) is 50.5 Å². The first kappa shape index (κ1) is 15.5. The number of hydrogen-bond donors (Lipinski definition) is 1. The molecule has 1 saturated carbocycles. The van der Waals surface area contributed by atoms with Crippen molar-refractivity contribution in [2.75, 3.05) is 13.6 Å². The SMILES string of the molecule is CC(CCCN)C(=O)N(C)C1CCC(C)(C)CC1. The molecule has 0 bridgehead atoms. The quantitative estimate of drug-likeness (QED) is 0.820. The zero-order valence-corrected chi connectivity index (χ0v) is 12.5. The Bertz CT molecular complexity index is 266. The minimum Gasteiger partial charge on any atom is -0.343 e. The molecule has 0 saturated heterocycles. The van der Waals surface area contributed by atoms with Crippen LogP contribution in [0.2, 0.25) is 0 Å². The van der Waals surface area contributed by atoms with Crippen LogP contribution >= 0.6 is 0 Å². The van der Waals surface area contributed by atoms with Crippen molar-refractivity contribution in [3.63, 3.8) is 0 Å². The van der Waals surface area contributed by atoms with Gasteiger partial charge in [0.2, 0.25) is 5.91 Å². The number of rotatable bonds is 5. The largest absolute Gasteiger partial charge is 0.343 e. The highest BCUT2D eigenvalue weighted by Crippen LogP contribution is 2.36. The summed E-state index contributed by atoms with van der Waals surface area (Å²) in [6.45, 7) is 7.37. The van der Waals surface area contributed by atoms with Gasteiger partial charge < -0.3 is 10.6 Å². The third-order valence-electron chi connectivity index (χ3n) is 4.47. The van der Waals surface area contributed by atoms with Gasteiger partial charge in [0.25, 0.3) is 0 Å². The Morgan fingerprint density at radius 1 is 1.39 bits per heavy atom. The van der Waals surface area contributed by atoms with E-state index in [4.69, 9.17) is 5.73 Å². The van der Waals surface area contributed by atoms with Crippen molar-refractivity contribution in [3.05, 3.63) is 0 Å². The summed E-state index contributed by atoms with van der Waals surface area (Å²) in [5.74, 6) is 0.418. The molecule has 0 aliphatic heterocycles. The van der Waals surface area contributed by atoms with E-state index in [0.717, 1.165) is 25.7 Å². The Labute approximate surface area is 112 Å². The molecule has 0 aromatic rings. The fraction of sp³-hybridized carbons (Fsp3) is 0.933. The first-order valence-electron chi connectivity index (χ1n) is 7.34. The van der Waals surface area contributed by atoms with Crippen molar-refractivity contribution in [2.45, 2.75) is 65.3 Å². The van der Waals surface area contributed by atoms with Gasteiger partial charge in [0, 0.05) is 19.0 Å². The normalized spacial score (nSPS) is 21.6. The first-order chi connectivity index (χ1) is 8.37. The lowest BCUT2D eigenvalue weighted by Crippen LogP contribution is -2.43. The summed E-state index contributed by atoms with van der Waals surface area (Å²) in [7, 11) is 1.98. The zero-order valence-electron chi connectivity index (χ0n) is 12.5. The Kier molecular flexibility index (Phi) is 5.64. The molecule has 1 rings (SSSR count). The molecule has 2 N–H and O–H groups in total. The third-order valence-corrected chi connectivity index (χ3v) is 4.47. The minimum atomic E-state index is 0.119. The lowest BCUT2D eigenvalue weighted by atomic mass is 9.75. The summed E-state index contributed by atoms with van der Waals surface area (Å²) < 4.78 is 0. The lowest BCUT2D eigenvalue weighted by Gasteiger charge is -2.39. The van der Waals surface area contributed by atoms with E-state index in [1.54, 1.807) is 0 Å². The molecule has 1 atom stereocenters. The smallest absolute Gasteiger partial charge is 0.225 e. The average molecular weight is 254 g/mol. The average Bonchev–Trinajstić information content (AvgIpc) is 2.34. The molecule has 18 heavy (non-hydrogen) atoms. The standard InChI is InChI=1S/C15H30N2O/c1-12(6-5-11-16)14(18)17(4)13-7-9-15(2,3)10-8-13/h12-13H,5-11,16H2,1-4H3. The minimum absolute atomic E-state index is 0.119. The van der Waals surface area contributed by atoms with Crippen molar-refractivity contribution >= 4 is 5.91 Å². The topological polar surface area (TPSA) is 46.3 Å². The van der Waals surface area contributed by atoms with Gasteiger partial charge in [-0.25, -0.2) is 0 Å². The Balaban J connectivity index is 2.44. The molecular weight excluding hydrogens is 224 g/mol. The van der Waals surface area contributed by atoms with Crippen molar-refractivity contribution in [1.82, 2.24) is 4.90 Å². The van der Waals surface area contributed by atoms with Crippen molar-refractivity contribution in [1.29, 1.82) is 0 Å². The van der Waals surface area contributed by atoms with Crippen LogP contribution in [0.15, 0.2) is 0 Å². The molecule has 1 unspecified atom stereocenters. The lowest BCUT2D eigenvalue weighted by molar-refractivity contribution is -0.137. The maximum Gasteiger partial charge on any atom is 0.225 e. The molecule has 0 radical (unpaired) electrons. The van der Waals surface area contributed by atoms with Gasteiger partial charge in [0.1, 0.15) is 0 Å². The Morgan fingerprint density at radius 3 is 2.44 bits per heavy atom. The Hall–Kier alpha value is -0.570. The van der Waals surface area contributed by atoms with Gasteiger partial charge in [0.05, 0.1) is 0 Å². The van der Waals surface area contributed by atoms with E-state index in [1.807, 2.05) is 18.9 Å². The molecule has 1 fully saturated rings. The Morgan fingerprint density at radius 2 is 1.94 bits per heavy atom. The highest BCUT2D eigenvalue weighted by atomic mass is 16.2. The van der Waals surface area contributed by atoms with Crippen molar-refractivity contribution < 1.29 is 4.79 Å². The maximum absolute atomic E-state index is 12.3. The second kappa shape index (κ2) is 6.55. The second-order valence-corrected chi connectivity index (χ2v) is 6.68. The van der Waals surface area contributed by atoms with Crippen LogP contribution in [0.25, 0.3) is 0 Å². The van der Waals surface area contributed by atoms with Crippen LogP contribution in [-0.4, -0.2) is 30.4 Å². The van der Waals surface area contributed by atoms with Crippen LogP contribution < -0.4 is 5.73 Å². The van der Waals surface area contributed by atoms with Crippen LogP contribution in [0.1, 0.15) is 59.3 Å². The predicted octanol–water partition coefficient (Wildman–Crippen LogP) is 2.79. The first-order valence-corrected chi connectivity index (χ1v) is 7.34. The molecule has 0 aromatic heterocycles. The van der Waals surface area contributed by atoms with Crippen LogP contribution in [0.3, 0.4) is 0 Å². The van der Waals surface area contributed by atoms with Crippen LogP contribution in [0.5, 0.6) is 0 Å². The second-order valence-electron chi connectivity index (χ2n) is 6.68. The van der Waals surface area contributed by atoms with Crippen molar-refractivity contribution in [3.8, 4) is 0 Å². The number of amides is 1. The van der Waals surface area contributed by atoms with Gasteiger partial charge in [-0.2, -0.15) is 0 Å². The molecule has 0 spiro atoms. The van der Waals surface area contributed by atoms with E-state index in [-0.39, 0.29) is 5.92 Å². The van der Waals surface area contributed by atoms with Gasteiger partial charge >= 0.3 is 0 Å². The molecule has 0 aromatic carbocycles. The molecule has 1 aliphatic carbocycles. The molecule has 1 amide bonds. The highest BCUT2D eigenvalue weighted by Gasteiger charge is 2.31. The van der Waals surface area contributed by atoms with E-state index >= 15 is 0 Å². The van der Waals surface area contributed by atoms with E-state index in [2.05, 4.69) is 13.8 Å². The number of nitrogens with zero attached hydrogens (tertiary/aromatic N) is 1. The molecule has 1 aliphatic rings. The molecule has 3 heteroatoms. The van der Waals surface area contributed by atoms with Crippen molar-refractivity contribution in [2.24, 2.45) is 17.1 Å². The molecule has 0 heterocycles. The summed E-state index contributed by atoms with van der Waals surface area (Å²) in [5.41, 5.74) is 5.96. The summed E-state index contributed by atoms with van der Waals surface area (Å²) in [5, 5.41) is 0. The number of nitrogens with two attached hydrogens (primary N) is 1. The fourth-order valence-corrected chi connectivity index (χ4v) is 2.85. The number of carbonyl (C=O) groups excluding carboxylic acids is 1. The predicted molar refractivity (Wildman–Crippen MR) is 76.3 cm³/mol. The fourth-order valence-electron chi connectivity index (χ4n) is 2.85. The van der Waals surface area contributed by atoms with Gasteiger partial charge in [-0.1, -0.05) is 20.8 Å².